The van der Waals surface area contributed by atoms with Crippen molar-refractivity contribution in [3.05, 3.63) is 52.2 Å². The molecule has 1 heterocycles. The lowest BCUT2D eigenvalue weighted by atomic mass is 10.1. The van der Waals surface area contributed by atoms with Gasteiger partial charge < -0.3 is 4.84 Å². The van der Waals surface area contributed by atoms with E-state index in [4.69, 9.17) is 4.84 Å². The fourth-order valence-electron chi connectivity index (χ4n) is 1.60. The maximum atomic E-state index is 5.28. The van der Waals surface area contributed by atoms with Crippen LogP contribution in [0.15, 0.2) is 47.6 Å². The number of oxime groups is 1. The SMILES string of the molecule is CC(C)Cc1ccc(C=NOc2ccccc2)s1. The van der Waals surface area contributed by atoms with Crippen molar-refractivity contribution in [1.82, 2.24) is 0 Å². The third kappa shape index (κ3) is 4.00. The van der Waals surface area contributed by atoms with E-state index in [2.05, 4.69) is 31.1 Å². The standard InChI is InChI=1S/C15H17NOS/c1-12(2)10-14-8-9-15(18-14)11-16-17-13-6-4-3-5-7-13/h3-9,11-12H,10H2,1-2H3. The van der Waals surface area contributed by atoms with E-state index >= 15 is 0 Å². The average molecular weight is 259 g/mol. The topological polar surface area (TPSA) is 21.6 Å². The van der Waals surface area contributed by atoms with Gasteiger partial charge in [0.1, 0.15) is 0 Å². The normalized spacial score (nSPS) is 11.3. The molecule has 1 aromatic heterocycles. The lowest BCUT2D eigenvalue weighted by Gasteiger charge is -1.99. The van der Waals surface area contributed by atoms with E-state index in [1.165, 1.54) is 4.88 Å². The summed E-state index contributed by atoms with van der Waals surface area (Å²) in [5.41, 5.74) is 0. The first-order valence-corrected chi connectivity index (χ1v) is 6.90. The molecule has 0 fully saturated rings. The monoisotopic (exact) mass is 259 g/mol. The first kappa shape index (κ1) is 12.8. The number of nitrogens with zero attached hydrogens (tertiary/aromatic N) is 1. The van der Waals surface area contributed by atoms with Crippen molar-refractivity contribution in [2.24, 2.45) is 11.1 Å². The highest BCUT2D eigenvalue weighted by Crippen LogP contribution is 2.18. The molecule has 18 heavy (non-hydrogen) atoms. The third-order valence-corrected chi connectivity index (χ3v) is 3.42. The van der Waals surface area contributed by atoms with Crippen LogP contribution in [0.3, 0.4) is 0 Å². The fourth-order valence-corrected chi connectivity index (χ4v) is 2.68. The maximum absolute atomic E-state index is 5.28. The molecule has 2 rings (SSSR count). The molecule has 0 aliphatic heterocycles. The van der Waals surface area contributed by atoms with Crippen molar-refractivity contribution < 1.29 is 4.84 Å². The molecule has 0 atom stereocenters. The van der Waals surface area contributed by atoms with Gasteiger partial charge in [0.05, 0.1) is 6.21 Å². The lowest BCUT2D eigenvalue weighted by molar-refractivity contribution is 0.344. The molecule has 0 saturated carbocycles. The second kappa shape index (κ2) is 6.36. The summed E-state index contributed by atoms with van der Waals surface area (Å²) < 4.78 is 0. The van der Waals surface area contributed by atoms with Gasteiger partial charge in [0.15, 0.2) is 5.75 Å². The van der Waals surface area contributed by atoms with Gasteiger partial charge in [-0.1, -0.05) is 37.2 Å². The molecule has 0 unspecified atom stereocenters. The van der Waals surface area contributed by atoms with Crippen LogP contribution in [0.2, 0.25) is 0 Å². The van der Waals surface area contributed by atoms with Crippen molar-refractivity contribution in [3.63, 3.8) is 0 Å². The van der Waals surface area contributed by atoms with Crippen molar-refractivity contribution in [1.29, 1.82) is 0 Å². The van der Waals surface area contributed by atoms with E-state index < -0.39 is 0 Å². The van der Waals surface area contributed by atoms with Crippen LogP contribution in [-0.2, 0) is 6.42 Å². The number of thiophene rings is 1. The molecule has 0 aliphatic carbocycles. The zero-order chi connectivity index (χ0) is 12.8. The Kier molecular flexibility index (Phi) is 4.53. The van der Waals surface area contributed by atoms with E-state index in [9.17, 15) is 0 Å². The largest absolute Gasteiger partial charge is 0.357 e. The molecular weight excluding hydrogens is 242 g/mol. The van der Waals surface area contributed by atoms with E-state index in [0.717, 1.165) is 17.0 Å². The summed E-state index contributed by atoms with van der Waals surface area (Å²) in [7, 11) is 0. The number of para-hydroxylation sites is 1. The van der Waals surface area contributed by atoms with Crippen LogP contribution in [0, 0.1) is 5.92 Å². The minimum absolute atomic E-state index is 0.689. The van der Waals surface area contributed by atoms with Gasteiger partial charge >= 0.3 is 0 Å². The van der Waals surface area contributed by atoms with Gasteiger partial charge in [0.25, 0.3) is 0 Å². The quantitative estimate of drug-likeness (QED) is 0.577. The molecule has 0 aliphatic rings. The number of benzene rings is 1. The van der Waals surface area contributed by atoms with Gasteiger partial charge in [-0.05, 0) is 36.6 Å². The minimum Gasteiger partial charge on any atom is -0.357 e. The van der Waals surface area contributed by atoms with Crippen molar-refractivity contribution >= 4 is 17.6 Å². The zero-order valence-corrected chi connectivity index (χ0v) is 11.5. The second-order valence-electron chi connectivity index (χ2n) is 4.54. The van der Waals surface area contributed by atoms with Gasteiger partial charge in [-0.15, -0.1) is 11.3 Å². The van der Waals surface area contributed by atoms with E-state index in [1.54, 1.807) is 17.6 Å². The number of hydrogen-bond donors (Lipinski definition) is 0. The maximum Gasteiger partial charge on any atom is 0.157 e. The molecule has 3 heteroatoms. The predicted molar refractivity (Wildman–Crippen MR) is 77.5 cm³/mol. The van der Waals surface area contributed by atoms with Gasteiger partial charge in [0.2, 0.25) is 0 Å². The molecule has 0 N–H and O–H groups in total. The molecule has 94 valence electrons. The van der Waals surface area contributed by atoms with Crippen LogP contribution < -0.4 is 4.84 Å². The molecule has 0 radical (unpaired) electrons. The van der Waals surface area contributed by atoms with Gasteiger partial charge in [-0.25, -0.2) is 0 Å². The fraction of sp³-hybridized carbons (Fsp3) is 0.267. The Bertz CT molecular complexity index is 502. The van der Waals surface area contributed by atoms with Crippen LogP contribution in [0.5, 0.6) is 5.75 Å². The summed E-state index contributed by atoms with van der Waals surface area (Å²) in [5.74, 6) is 1.45. The summed E-state index contributed by atoms with van der Waals surface area (Å²) in [5, 5.41) is 3.99. The Labute approximate surface area is 112 Å². The summed E-state index contributed by atoms with van der Waals surface area (Å²) in [6.45, 7) is 4.46. The van der Waals surface area contributed by atoms with E-state index in [1.807, 2.05) is 30.3 Å². The zero-order valence-electron chi connectivity index (χ0n) is 10.7. The van der Waals surface area contributed by atoms with Crippen LogP contribution in [0.4, 0.5) is 0 Å². The average Bonchev–Trinajstić information content (AvgIpc) is 2.77. The minimum atomic E-state index is 0.689. The van der Waals surface area contributed by atoms with Crippen LogP contribution in [0.25, 0.3) is 0 Å². The highest BCUT2D eigenvalue weighted by atomic mass is 32.1. The van der Waals surface area contributed by atoms with Crippen LogP contribution in [0.1, 0.15) is 23.6 Å². The van der Waals surface area contributed by atoms with Gasteiger partial charge in [0, 0.05) is 9.75 Å². The molecule has 2 aromatic rings. The molecule has 0 bridgehead atoms. The smallest absolute Gasteiger partial charge is 0.157 e. The molecule has 0 spiro atoms. The summed E-state index contributed by atoms with van der Waals surface area (Å²) >= 11 is 1.77. The molecule has 0 saturated heterocycles. The van der Waals surface area contributed by atoms with Crippen molar-refractivity contribution in [2.75, 3.05) is 0 Å². The van der Waals surface area contributed by atoms with Crippen molar-refractivity contribution in [3.8, 4) is 5.75 Å². The Balaban J connectivity index is 1.91. The Hall–Kier alpha value is -1.61. The van der Waals surface area contributed by atoms with Gasteiger partial charge in [-0.2, -0.15) is 0 Å². The molecule has 0 amide bonds. The number of hydrogen-bond acceptors (Lipinski definition) is 3. The second-order valence-corrected chi connectivity index (χ2v) is 5.74. The van der Waals surface area contributed by atoms with Crippen LogP contribution >= 0.6 is 11.3 Å². The van der Waals surface area contributed by atoms with E-state index in [0.29, 0.717) is 5.92 Å². The Morgan fingerprint density at radius 1 is 1.17 bits per heavy atom. The highest BCUT2D eigenvalue weighted by molar-refractivity contribution is 7.13. The van der Waals surface area contributed by atoms with Crippen LogP contribution in [-0.4, -0.2) is 6.21 Å². The molecule has 2 nitrogen and oxygen atoms in total. The lowest BCUT2D eigenvalue weighted by Crippen LogP contribution is -1.89. The molecule has 1 aromatic carbocycles. The van der Waals surface area contributed by atoms with Crippen molar-refractivity contribution in [2.45, 2.75) is 20.3 Å². The Morgan fingerprint density at radius 3 is 2.67 bits per heavy atom. The first-order valence-electron chi connectivity index (χ1n) is 6.08. The summed E-state index contributed by atoms with van der Waals surface area (Å²) in [4.78, 5) is 7.80. The predicted octanol–water partition coefficient (Wildman–Crippen LogP) is 4.36. The third-order valence-electron chi connectivity index (χ3n) is 2.37. The molecular formula is C15H17NOS. The summed E-state index contributed by atoms with van der Waals surface area (Å²) in [6, 6.07) is 13.8. The van der Waals surface area contributed by atoms with E-state index in [-0.39, 0.29) is 0 Å². The highest BCUT2D eigenvalue weighted by Gasteiger charge is 2.01. The summed E-state index contributed by atoms with van der Waals surface area (Å²) in [6.07, 6.45) is 2.89. The van der Waals surface area contributed by atoms with Gasteiger partial charge in [-0.3, -0.25) is 0 Å². The number of rotatable bonds is 5. The first-order chi connectivity index (χ1) is 8.74. The Morgan fingerprint density at radius 2 is 1.94 bits per heavy atom.